The molecule has 3 heteroatoms. The van der Waals surface area contributed by atoms with Crippen LogP contribution in [0, 0.1) is 11.3 Å². The summed E-state index contributed by atoms with van der Waals surface area (Å²) in [4.78, 5) is 13.7. The molecule has 0 bridgehead atoms. The first-order valence-electron chi connectivity index (χ1n) is 5.87. The summed E-state index contributed by atoms with van der Waals surface area (Å²) in [6, 6.07) is 0. The van der Waals surface area contributed by atoms with Gasteiger partial charge in [0.2, 0.25) is 5.91 Å². The minimum Gasteiger partial charge on any atom is -0.395 e. The van der Waals surface area contributed by atoms with Crippen LogP contribution in [-0.4, -0.2) is 35.6 Å². The molecular formula is C12H25NO2. The van der Waals surface area contributed by atoms with E-state index in [0.717, 1.165) is 19.5 Å². The zero-order chi connectivity index (χ0) is 12.1. The SMILES string of the molecule is CC.CC1CCN(C(=O)C(C)(C)CO)C1. The number of amides is 1. The molecule has 0 radical (unpaired) electrons. The largest absolute Gasteiger partial charge is 0.395 e. The lowest BCUT2D eigenvalue weighted by molar-refractivity contribution is -0.141. The van der Waals surface area contributed by atoms with Crippen LogP contribution in [0.2, 0.25) is 0 Å². The van der Waals surface area contributed by atoms with E-state index in [1.807, 2.05) is 18.7 Å². The van der Waals surface area contributed by atoms with E-state index in [-0.39, 0.29) is 12.5 Å². The predicted molar refractivity (Wildman–Crippen MR) is 62.6 cm³/mol. The van der Waals surface area contributed by atoms with Gasteiger partial charge in [-0.1, -0.05) is 20.8 Å². The van der Waals surface area contributed by atoms with Gasteiger partial charge in [0.1, 0.15) is 0 Å². The highest BCUT2D eigenvalue weighted by atomic mass is 16.3. The van der Waals surface area contributed by atoms with E-state index in [1.54, 1.807) is 13.8 Å². The van der Waals surface area contributed by atoms with Gasteiger partial charge in [0, 0.05) is 13.1 Å². The third kappa shape index (κ3) is 3.82. The number of hydrogen-bond acceptors (Lipinski definition) is 2. The Hall–Kier alpha value is -0.570. The van der Waals surface area contributed by atoms with Crippen molar-refractivity contribution in [3.05, 3.63) is 0 Å². The Morgan fingerprint density at radius 3 is 2.33 bits per heavy atom. The lowest BCUT2D eigenvalue weighted by Crippen LogP contribution is -2.41. The molecule has 1 aliphatic rings. The smallest absolute Gasteiger partial charge is 0.230 e. The van der Waals surface area contributed by atoms with Crippen molar-refractivity contribution in [2.75, 3.05) is 19.7 Å². The molecule has 90 valence electrons. The highest BCUT2D eigenvalue weighted by Gasteiger charge is 2.34. The second-order valence-electron chi connectivity index (χ2n) is 4.69. The number of carbonyl (C=O) groups is 1. The first-order chi connectivity index (χ1) is 6.97. The van der Waals surface area contributed by atoms with Crippen molar-refractivity contribution in [3.63, 3.8) is 0 Å². The Kier molecular flexibility index (Phi) is 5.88. The molecule has 1 rings (SSSR count). The van der Waals surface area contributed by atoms with Crippen LogP contribution >= 0.6 is 0 Å². The van der Waals surface area contributed by atoms with E-state index < -0.39 is 5.41 Å². The molecule has 1 atom stereocenters. The molecule has 1 fully saturated rings. The van der Waals surface area contributed by atoms with Crippen molar-refractivity contribution in [2.24, 2.45) is 11.3 Å². The third-order valence-electron chi connectivity index (χ3n) is 2.69. The highest BCUT2D eigenvalue weighted by Crippen LogP contribution is 2.23. The summed E-state index contributed by atoms with van der Waals surface area (Å²) < 4.78 is 0. The normalized spacial score (nSPS) is 20.9. The van der Waals surface area contributed by atoms with Gasteiger partial charge in [-0.2, -0.15) is 0 Å². The quantitative estimate of drug-likeness (QED) is 0.764. The van der Waals surface area contributed by atoms with Crippen molar-refractivity contribution >= 4 is 5.91 Å². The van der Waals surface area contributed by atoms with Crippen LogP contribution in [0.15, 0.2) is 0 Å². The number of rotatable bonds is 2. The Morgan fingerprint density at radius 2 is 2.00 bits per heavy atom. The monoisotopic (exact) mass is 215 g/mol. The molecule has 0 aromatic carbocycles. The fraction of sp³-hybridized carbons (Fsp3) is 0.917. The maximum Gasteiger partial charge on any atom is 0.230 e. The number of carbonyl (C=O) groups excluding carboxylic acids is 1. The summed E-state index contributed by atoms with van der Waals surface area (Å²) in [6.07, 6.45) is 1.09. The van der Waals surface area contributed by atoms with E-state index in [4.69, 9.17) is 5.11 Å². The molecule has 1 heterocycles. The van der Waals surface area contributed by atoms with Gasteiger partial charge in [0.05, 0.1) is 12.0 Å². The van der Waals surface area contributed by atoms with Crippen LogP contribution in [-0.2, 0) is 4.79 Å². The van der Waals surface area contributed by atoms with E-state index in [1.165, 1.54) is 0 Å². The predicted octanol–water partition coefficient (Wildman–Crippen LogP) is 1.90. The van der Waals surface area contributed by atoms with Crippen LogP contribution < -0.4 is 0 Å². The van der Waals surface area contributed by atoms with Crippen LogP contribution in [0.4, 0.5) is 0 Å². The van der Waals surface area contributed by atoms with Gasteiger partial charge in [-0.05, 0) is 26.2 Å². The zero-order valence-electron chi connectivity index (χ0n) is 10.7. The maximum atomic E-state index is 11.8. The van der Waals surface area contributed by atoms with Crippen molar-refractivity contribution in [3.8, 4) is 0 Å². The lowest BCUT2D eigenvalue weighted by atomic mass is 9.93. The molecular weight excluding hydrogens is 190 g/mol. The minimum absolute atomic E-state index is 0.0727. The molecule has 15 heavy (non-hydrogen) atoms. The standard InChI is InChI=1S/C10H19NO2.C2H6/c1-8-4-5-11(6-8)9(13)10(2,3)7-12;1-2/h8,12H,4-7H2,1-3H3;1-2H3. The van der Waals surface area contributed by atoms with Crippen molar-refractivity contribution in [1.29, 1.82) is 0 Å². The average Bonchev–Trinajstić information content (AvgIpc) is 2.66. The second kappa shape index (κ2) is 6.11. The number of aliphatic hydroxyl groups excluding tert-OH is 1. The van der Waals surface area contributed by atoms with Crippen LogP contribution in [0.1, 0.15) is 41.0 Å². The van der Waals surface area contributed by atoms with Gasteiger partial charge in [-0.25, -0.2) is 0 Å². The Bertz CT molecular complexity index is 202. The van der Waals surface area contributed by atoms with E-state index in [0.29, 0.717) is 5.92 Å². The summed E-state index contributed by atoms with van der Waals surface area (Å²) in [5.74, 6) is 0.692. The molecule has 0 saturated carbocycles. The summed E-state index contributed by atoms with van der Waals surface area (Å²) in [5, 5.41) is 9.04. The van der Waals surface area contributed by atoms with Crippen LogP contribution in [0.25, 0.3) is 0 Å². The first kappa shape index (κ1) is 14.4. The third-order valence-corrected chi connectivity index (χ3v) is 2.69. The molecule has 0 aromatic rings. The van der Waals surface area contributed by atoms with Gasteiger partial charge >= 0.3 is 0 Å². The Morgan fingerprint density at radius 1 is 1.47 bits per heavy atom. The molecule has 1 saturated heterocycles. The highest BCUT2D eigenvalue weighted by molar-refractivity contribution is 5.82. The number of aliphatic hydroxyl groups is 1. The summed E-state index contributed by atoms with van der Waals surface area (Å²) in [6.45, 7) is 11.4. The lowest BCUT2D eigenvalue weighted by Gasteiger charge is -2.27. The molecule has 1 N–H and O–H groups in total. The maximum absolute atomic E-state index is 11.8. The van der Waals surface area contributed by atoms with Gasteiger partial charge in [0.25, 0.3) is 0 Å². The topological polar surface area (TPSA) is 40.5 Å². The van der Waals surface area contributed by atoms with Gasteiger partial charge < -0.3 is 10.0 Å². The fourth-order valence-electron chi connectivity index (χ4n) is 1.62. The zero-order valence-corrected chi connectivity index (χ0v) is 10.7. The summed E-state index contributed by atoms with van der Waals surface area (Å²) in [5.41, 5.74) is -0.607. The number of nitrogens with zero attached hydrogens (tertiary/aromatic N) is 1. The molecule has 0 spiro atoms. The number of hydrogen-bond donors (Lipinski definition) is 1. The molecule has 0 aliphatic carbocycles. The fourth-order valence-corrected chi connectivity index (χ4v) is 1.62. The first-order valence-corrected chi connectivity index (χ1v) is 5.87. The average molecular weight is 215 g/mol. The van der Waals surface area contributed by atoms with Gasteiger partial charge in [-0.3, -0.25) is 4.79 Å². The van der Waals surface area contributed by atoms with Crippen LogP contribution in [0.3, 0.4) is 0 Å². The van der Waals surface area contributed by atoms with Crippen LogP contribution in [0.5, 0.6) is 0 Å². The molecule has 0 aromatic heterocycles. The molecule has 1 unspecified atom stereocenters. The van der Waals surface area contributed by atoms with Gasteiger partial charge in [0.15, 0.2) is 0 Å². The molecule has 1 amide bonds. The summed E-state index contributed by atoms with van der Waals surface area (Å²) in [7, 11) is 0. The molecule has 3 nitrogen and oxygen atoms in total. The van der Waals surface area contributed by atoms with E-state index in [9.17, 15) is 4.79 Å². The van der Waals surface area contributed by atoms with E-state index >= 15 is 0 Å². The van der Waals surface area contributed by atoms with Crippen molar-refractivity contribution < 1.29 is 9.90 Å². The Balaban J connectivity index is 0.000000921. The Labute approximate surface area is 93.5 Å². The second-order valence-corrected chi connectivity index (χ2v) is 4.69. The summed E-state index contributed by atoms with van der Waals surface area (Å²) >= 11 is 0. The molecule has 1 aliphatic heterocycles. The number of likely N-dealkylation sites (tertiary alicyclic amines) is 1. The van der Waals surface area contributed by atoms with E-state index in [2.05, 4.69) is 6.92 Å². The minimum atomic E-state index is -0.607. The van der Waals surface area contributed by atoms with Crippen molar-refractivity contribution in [2.45, 2.75) is 41.0 Å². The van der Waals surface area contributed by atoms with Gasteiger partial charge in [-0.15, -0.1) is 0 Å². The van der Waals surface area contributed by atoms with Crippen molar-refractivity contribution in [1.82, 2.24) is 4.90 Å².